The number of amides is 3. The number of halogens is 1. The standard InChI is InChI=1S/C20H24FN3O4/c1-12-8-23(19(26)6-5-18(22)25)10-13(2)24(9-12)20(27)16-11-28-17-7-14(21)3-4-15(16)17/h3-4,7,11-13H,5-6,8-10H2,1-2H3,(H2,22,25). The predicted octanol–water partition coefficient (Wildman–Crippen LogP) is 2.15. The quantitative estimate of drug-likeness (QED) is 0.866. The number of rotatable bonds is 4. The largest absolute Gasteiger partial charge is 0.463 e. The summed E-state index contributed by atoms with van der Waals surface area (Å²) < 4.78 is 18.7. The number of hydrogen-bond acceptors (Lipinski definition) is 4. The number of nitrogens with zero attached hydrogens (tertiary/aromatic N) is 2. The van der Waals surface area contributed by atoms with Gasteiger partial charge in [-0.15, -0.1) is 0 Å². The van der Waals surface area contributed by atoms with Gasteiger partial charge in [0, 0.05) is 50.0 Å². The second-order valence-corrected chi connectivity index (χ2v) is 7.47. The molecule has 2 unspecified atom stereocenters. The van der Waals surface area contributed by atoms with E-state index >= 15 is 0 Å². The second kappa shape index (κ2) is 8.00. The normalized spacial score (nSPS) is 20.2. The summed E-state index contributed by atoms with van der Waals surface area (Å²) in [5.74, 6) is -1.23. The third kappa shape index (κ3) is 4.16. The highest BCUT2D eigenvalue weighted by atomic mass is 19.1. The molecule has 150 valence electrons. The molecule has 1 fully saturated rings. The van der Waals surface area contributed by atoms with Gasteiger partial charge in [-0.25, -0.2) is 4.39 Å². The number of carbonyl (C=O) groups is 3. The lowest BCUT2D eigenvalue weighted by molar-refractivity contribution is -0.133. The molecule has 28 heavy (non-hydrogen) atoms. The van der Waals surface area contributed by atoms with Crippen molar-refractivity contribution in [3.05, 3.63) is 35.8 Å². The minimum atomic E-state index is -0.510. The van der Waals surface area contributed by atoms with Gasteiger partial charge in [-0.3, -0.25) is 14.4 Å². The van der Waals surface area contributed by atoms with E-state index in [1.54, 1.807) is 9.80 Å². The maximum absolute atomic E-state index is 13.4. The first-order valence-corrected chi connectivity index (χ1v) is 9.30. The average molecular weight is 389 g/mol. The summed E-state index contributed by atoms with van der Waals surface area (Å²) in [6, 6.07) is 3.86. The Morgan fingerprint density at radius 2 is 1.93 bits per heavy atom. The van der Waals surface area contributed by atoms with Gasteiger partial charge >= 0.3 is 0 Å². The molecule has 1 aliphatic rings. The molecular formula is C20H24FN3O4. The Bertz CT molecular complexity index is 910. The van der Waals surface area contributed by atoms with Gasteiger partial charge in [0.2, 0.25) is 11.8 Å². The van der Waals surface area contributed by atoms with Gasteiger partial charge in [-0.1, -0.05) is 6.92 Å². The Balaban J connectivity index is 1.79. The van der Waals surface area contributed by atoms with Gasteiger partial charge in [-0.2, -0.15) is 0 Å². The minimum Gasteiger partial charge on any atom is -0.463 e. The lowest BCUT2D eigenvalue weighted by atomic mass is 10.1. The number of carbonyl (C=O) groups excluding carboxylic acids is 3. The topological polar surface area (TPSA) is 96.9 Å². The van der Waals surface area contributed by atoms with E-state index in [-0.39, 0.29) is 36.6 Å². The summed E-state index contributed by atoms with van der Waals surface area (Å²) in [6.45, 7) is 5.20. The van der Waals surface area contributed by atoms with Gasteiger partial charge in [0.05, 0.1) is 5.56 Å². The summed E-state index contributed by atoms with van der Waals surface area (Å²) >= 11 is 0. The number of fused-ring (bicyclic) bond motifs is 1. The lowest BCUT2D eigenvalue weighted by Crippen LogP contribution is -2.44. The van der Waals surface area contributed by atoms with Crippen LogP contribution in [0.15, 0.2) is 28.9 Å². The molecule has 1 saturated heterocycles. The third-order valence-electron chi connectivity index (χ3n) is 5.02. The van der Waals surface area contributed by atoms with Gasteiger partial charge in [0.15, 0.2) is 0 Å². The smallest absolute Gasteiger partial charge is 0.258 e. The van der Waals surface area contributed by atoms with E-state index in [1.807, 2.05) is 13.8 Å². The van der Waals surface area contributed by atoms with Crippen molar-refractivity contribution >= 4 is 28.7 Å². The van der Waals surface area contributed by atoms with E-state index in [0.29, 0.717) is 36.2 Å². The van der Waals surface area contributed by atoms with Crippen molar-refractivity contribution in [3.8, 4) is 0 Å². The van der Waals surface area contributed by atoms with Gasteiger partial charge in [0.25, 0.3) is 5.91 Å². The van der Waals surface area contributed by atoms with Crippen LogP contribution in [0.5, 0.6) is 0 Å². The van der Waals surface area contributed by atoms with Gasteiger partial charge < -0.3 is 20.0 Å². The zero-order valence-electron chi connectivity index (χ0n) is 16.0. The molecule has 2 N–H and O–H groups in total. The summed E-state index contributed by atoms with van der Waals surface area (Å²) in [5, 5.41) is 0.560. The zero-order valence-corrected chi connectivity index (χ0v) is 16.0. The molecule has 3 rings (SSSR count). The van der Waals surface area contributed by atoms with E-state index in [4.69, 9.17) is 10.2 Å². The van der Waals surface area contributed by atoms with Crippen LogP contribution in [0, 0.1) is 11.7 Å². The Kier molecular flexibility index (Phi) is 5.67. The van der Waals surface area contributed by atoms with E-state index in [0.717, 1.165) is 0 Å². The summed E-state index contributed by atoms with van der Waals surface area (Å²) in [7, 11) is 0. The molecule has 0 aliphatic carbocycles. The highest BCUT2D eigenvalue weighted by Crippen LogP contribution is 2.25. The molecule has 2 heterocycles. The second-order valence-electron chi connectivity index (χ2n) is 7.47. The predicted molar refractivity (Wildman–Crippen MR) is 101 cm³/mol. The molecule has 1 aromatic carbocycles. The number of furan rings is 1. The SMILES string of the molecule is CC1CN(C(=O)CCC(N)=O)CC(C)N(C(=O)c2coc3cc(F)ccc23)C1. The fraction of sp³-hybridized carbons (Fsp3) is 0.450. The fourth-order valence-corrected chi connectivity index (χ4v) is 3.64. The average Bonchev–Trinajstić information content (AvgIpc) is 2.98. The number of benzene rings is 1. The molecule has 0 radical (unpaired) electrons. The molecule has 2 atom stereocenters. The van der Waals surface area contributed by atoms with Crippen LogP contribution in [0.2, 0.25) is 0 Å². The van der Waals surface area contributed by atoms with Crippen LogP contribution < -0.4 is 5.73 Å². The number of primary amides is 1. The maximum atomic E-state index is 13.4. The van der Waals surface area contributed by atoms with Crippen molar-refractivity contribution in [1.82, 2.24) is 9.80 Å². The van der Waals surface area contributed by atoms with E-state index in [1.165, 1.54) is 24.5 Å². The fourth-order valence-electron chi connectivity index (χ4n) is 3.64. The highest BCUT2D eigenvalue weighted by molar-refractivity contribution is 6.06. The summed E-state index contributed by atoms with van der Waals surface area (Å²) in [4.78, 5) is 40.0. The van der Waals surface area contributed by atoms with Crippen molar-refractivity contribution in [2.24, 2.45) is 11.7 Å². The van der Waals surface area contributed by atoms with E-state index in [9.17, 15) is 18.8 Å². The monoisotopic (exact) mass is 389 g/mol. The lowest BCUT2D eigenvalue weighted by Gasteiger charge is -2.29. The molecular weight excluding hydrogens is 365 g/mol. The molecule has 1 aliphatic heterocycles. The molecule has 3 amide bonds. The Morgan fingerprint density at radius 1 is 1.18 bits per heavy atom. The Hall–Kier alpha value is -2.90. The van der Waals surface area contributed by atoms with Crippen molar-refractivity contribution < 1.29 is 23.2 Å². The van der Waals surface area contributed by atoms with Crippen molar-refractivity contribution in [2.75, 3.05) is 19.6 Å². The molecule has 0 spiro atoms. The molecule has 1 aromatic heterocycles. The number of nitrogens with two attached hydrogens (primary N) is 1. The van der Waals surface area contributed by atoms with E-state index in [2.05, 4.69) is 0 Å². The van der Waals surface area contributed by atoms with Crippen molar-refractivity contribution in [3.63, 3.8) is 0 Å². The van der Waals surface area contributed by atoms with Crippen LogP contribution in [0.4, 0.5) is 4.39 Å². The maximum Gasteiger partial charge on any atom is 0.258 e. The van der Waals surface area contributed by atoms with Crippen molar-refractivity contribution in [2.45, 2.75) is 32.7 Å². The molecule has 7 nitrogen and oxygen atoms in total. The third-order valence-corrected chi connectivity index (χ3v) is 5.02. The van der Waals surface area contributed by atoms with Crippen LogP contribution in [-0.4, -0.2) is 53.2 Å². The van der Waals surface area contributed by atoms with Crippen LogP contribution in [0.1, 0.15) is 37.0 Å². The minimum absolute atomic E-state index is 0.0122. The van der Waals surface area contributed by atoms with Crippen LogP contribution in [-0.2, 0) is 9.59 Å². The molecule has 0 saturated carbocycles. The Morgan fingerprint density at radius 3 is 2.64 bits per heavy atom. The van der Waals surface area contributed by atoms with Crippen molar-refractivity contribution in [1.29, 1.82) is 0 Å². The molecule has 2 aromatic rings. The van der Waals surface area contributed by atoms with Crippen LogP contribution >= 0.6 is 0 Å². The Labute approximate surface area is 162 Å². The van der Waals surface area contributed by atoms with Crippen LogP contribution in [0.25, 0.3) is 11.0 Å². The number of hydrogen-bond donors (Lipinski definition) is 1. The summed E-state index contributed by atoms with van der Waals surface area (Å²) in [6.07, 6.45) is 1.43. The molecule has 8 heteroatoms. The first-order valence-electron chi connectivity index (χ1n) is 9.30. The summed E-state index contributed by atoms with van der Waals surface area (Å²) in [5.41, 5.74) is 5.83. The first kappa shape index (κ1) is 19.9. The van der Waals surface area contributed by atoms with Crippen LogP contribution in [0.3, 0.4) is 0 Å². The molecule has 0 bridgehead atoms. The van der Waals surface area contributed by atoms with E-state index < -0.39 is 11.7 Å². The highest BCUT2D eigenvalue weighted by Gasteiger charge is 2.32. The van der Waals surface area contributed by atoms with Gasteiger partial charge in [-0.05, 0) is 25.0 Å². The van der Waals surface area contributed by atoms with Gasteiger partial charge in [0.1, 0.15) is 17.7 Å². The first-order chi connectivity index (χ1) is 13.3. The zero-order chi connectivity index (χ0) is 20.4.